The van der Waals surface area contributed by atoms with Crippen molar-refractivity contribution in [3.05, 3.63) is 65.9 Å². The molecule has 0 amide bonds. The summed E-state index contributed by atoms with van der Waals surface area (Å²) < 4.78 is 12.9. The third kappa shape index (κ3) is 3.97. The van der Waals surface area contributed by atoms with E-state index >= 15 is 0 Å². The van der Waals surface area contributed by atoms with Crippen LogP contribution in [-0.4, -0.2) is 29.9 Å². The molecule has 0 spiro atoms. The van der Waals surface area contributed by atoms with Gasteiger partial charge in [-0.05, 0) is 43.2 Å². The number of benzene rings is 2. The van der Waals surface area contributed by atoms with Crippen LogP contribution in [0.15, 0.2) is 54.6 Å². The van der Waals surface area contributed by atoms with Crippen molar-refractivity contribution in [1.29, 1.82) is 0 Å². The van der Waals surface area contributed by atoms with Gasteiger partial charge in [-0.2, -0.15) is 0 Å². The molecule has 0 fully saturated rings. The molecule has 0 radical (unpaired) electrons. The Labute approximate surface area is 158 Å². The molecule has 1 aromatic heterocycles. The zero-order chi connectivity index (χ0) is 19.4. The molecule has 5 nitrogen and oxygen atoms in total. The Kier molecular flexibility index (Phi) is 5.50. The Morgan fingerprint density at radius 1 is 1.00 bits per heavy atom. The first-order valence-corrected chi connectivity index (χ1v) is 8.75. The van der Waals surface area contributed by atoms with Gasteiger partial charge in [-0.25, -0.2) is 0 Å². The van der Waals surface area contributed by atoms with E-state index in [1.807, 2.05) is 37.3 Å². The number of carbonyl (C=O) groups is 1. The highest BCUT2D eigenvalue weighted by Crippen LogP contribution is 2.34. The van der Waals surface area contributed by atoms with Crippen LogP contribution in [0.1, 0.15) is 17.7 Å². The molecule has 0 aliphatic carbocycles. The molecule has 0 aliphatic heterocycles. The average Bonchev–Trinajstić information content (AvgIpc) is 3.10. The molecule has 5 heteroatoms. The highest BCUT2D eigenvalue weighted by Gasteiger charge is 2.17. The number of nitrogens with zero attached hydrogens (tertiary/aromatic N) is 1. The second-order valence-electron chi connectivity index (χ2n) is 6.34. The SMILES string of the molecule is COc1ccc(-n2c(CCC(=O)O)ccc2-c2ccc(C)cc2)c(OC)c1. The summed E-state index contributed by atoms with van der Waals surface area (Å²) in [5, 5.41) is 9.11. The van der Waals surface area contributed by atoms with E-state index in [0.29, 0.717) is 17.9 Å². The summed E-state index contributed by atoms with van der Waals surface area (Å²) in [6.07, 6.45) is 0.492. The van der Waals surface area contributed by atoms with Crippen molar-refractivity contribution >= 4 is 5.97 Å². The minimum Gasteiger partial charge on any atom is -0.497 e. The molecule has 0 atom stereocenters. The highest BCUT2D eigenvalue weighted by atomic mass is 16.5. The first kappa shape index (κ1) is 18.6. The molecular weight excluding hydrogens is 342 g/mol. The maximum absolute atomic E-state index is 11.1. The molecule has 3 rings (SSSR count). The Morgan fingerprint density at radius 3 is 2.37 bits per heavy atom. The molecule has 0 unspecified atom stereocenters. The van der Waals surface area contributed by atoms with E-state index in [1.54, 1.807) is 14.2 Å². The largest absolute Gasteiger partial charge is 0.497 e. The fraction of sp³-hybridized carbons (Fsp3) is 0.227. The van der Waals surface area contributed by atoms with Crippen molar-refractivity contribution in [3.8, 4) is 28.4 Å². The second-order valence-corrected chi connectivity index (χ2v) is 6.34. The van der Waals surface area contributed by atoms with Gasteiger partial charge in [0.2, 0.25) is 0 Å². The molecule has 1 N–H and O–H groups in total. The lowest BCUT2D eigenvalue weighted by molar-refractivity contribution is -0.136. The number of hydrogen-bond acceptors (Lipinski definition) is 3. The van der Waals surface area contributed by atoms with E-state index in [0.717, 1.165) is 22.6 Å². The topological polar surface area (TPSA) is 60.7 Å². The molecule has 3 aromatic rings. The summed E-state index contributed by atoms with van der Waals surface area (Å²) in [7, 11) is 3.23. The van der Waals surface area contributed by atoms with Gasteiger partial charge >= 0.3 is 5.97 Å². The van der Waals surface area contributed by atoms with E-state index in [4.69, 9.17) is 14.6 Å². The van der Waals surface area contributed by atoms with E-state index < -0.39 is 5.97 Å². The minimum atomic E-state index is -0.818. The quantitative estimate of drug-likeness (QED) is 0.670. The second kappa shape index (κ2) is 7.99. The van der Waals surface area contributed by atoms with Gasteiger partial charge in [-0.1, -0.05) is 29.8 Å². The fourth-order valence-corrected chi connectivity index (χ4v) is 3.11. The van der Waals surface area contributed by atoms with Crippen LogP contribution in [0.25, 0.3) is 16.9 Å². The number of carboxylic acid groups (broad SMARTS) is 1. The van der Waals surface area contributed by atoms with Crippen LogP contribution in [0.2, 0.25) is 0 Å². The molecule has 0 bridgehead atoms. The number of aryl methyl sites for hydroxylation is 2. The minimum absolute atomic E-state index is 0.0653. The third-order valence-electron chi connectivity index (χ3n) is 4.53. The summed E-state index contributed by atoms with van der Waals surface area (Å²) in [5.41, 5.74) is 4.99. The van der Waals surface area contributed by atoms with Gasteiger partial charge in [0.25, 0.3) is 0 Å². The maximum atomic E-state index is 11.1. The lowest BCUT2D eigenvalue weighted by Gasteiger charge is -2.17. The Hall–Kier alpha value is -3.21. The lowest BCUT2D eigenvalue weighted by Crippen LogP contribution is -2.07. The molecule has 2 aromatic carbocycles. The molecule has 0 saturated heterocycles. The predicted molar refractivity (Wildman–Crippen MR) is 105 cm³/mol. The van der Waals surface area contributed by atoms with Crippen LogP contribution in [0, 0.1) is 6.92 Å². The number of ether oxygens (including phenoxy) is 2. The normalized spacial score (nSPS) is 10.6. The number of aromatic nitrogens is 1. The van der Waals surface area contributed by atoms with Gasteiger partial charge < -0.3 is 19.1 Å². The van der Waals surface area contributed by atoms with Gasteiger partial charge in [0.15, 0.2) is 0 Å². The van der Waals surface area contributed by atoms with E-state index in [1.165, 1.54) is 5.56 Å². The summed E-state index contributed by atoms with van der Waals surface area (Å²) in [4.78, 5) is 11.1. The number of carboxylic acids is 1. The van der Waals surface area contributed by atoms with Crippen LogP contribution >= 0.6 is 0 Å². The van der Waals surface area contributed by atoms with Crippen molar-refractivity contribution in [2.24, 2.45) is 0 Å². The zero-order valence-corrected chi connectivity index (χ0v) is 15.7. The molecule has 0 saturated carbocycles. The van der Waals surface area contributed by atoms with E-state index in [2.05, 4.69) is 28.8 Å². The van der Waals surface area contributed by atoms with Crippen LogP contribution in [-0.2, 0) is 11.2 Å². The summed E-state index contributed by atoms with van der Waals surface area (Å²) in [6.45, 7) is 2.05. The van der Waals surface area contributed by atoms with Crippen molar-refractivity contribution in [2.75, 3.05) is 14.2 Å². The standard InChI is InChI=1S/C22H23NO4/c1-15-4-6-16(7-5-15)19-11-8-17(9-13-22(24)25)23(19)20-12-10-18(26-2)14-21(20)27-3/h4-8,10-12,14H,9,13H2,1-3H3,(H,24,25). The molecule has 1 heterocycles. The van der Waals surface area contributed by atoms with Crippen LogP contribution < -0.4 is 9.47 Å². The van der Waals surface area contributed by atoms with Crippen molar-refractivity contribution in [3.63, 3.8) is 0 Å². The van der Waals surface area contributed by atoms with Crippen molar-refractivity contribution in [2.45, 2.75) is 19.8 Å². The smallest absolute Gasteiger partial charge is 0.303 e. The Bertz CT molecular complexity index is 941. The predicted octanol–water partition coefficient (Wildman–Crippen LogP) is 4.49. The first-order chi connectivity index (χ1) is 13.0. The highest BCUT2D eigenvalue weighted by molar-refractivity contribution is 5.69. The van der Waals surface area contributed by atoms with E-state index in [-0.39, 0.29) is 6.42 Å². The number of hydrogen-bond donors (Lipinski definition) is 1. The third-order valence-corrected chi connectivity index (χ3v) is 4.53. The van der Waals surface area contributed by atoms with Crippen molar-refractivity contribution < 1.29 is 19.4 Å². The maximum Gasteiger partial charge on any atom is 0.303 e. The first-order valence-electron chi connectivity index (χ1n) is 8.75. The molecule has 27 heavy (non-hydrogen) atoms. The Balaban J connectivity index is 2.17. The van der Waals surface area contributed by atoms with Gasteiger partial charge in [-0.3, -0.25) is 4.79 Å². The van der Waals surface area contributed by atoms with Crippen LogP contribution in [0.5, 0.6) is 11.5 Å². The van der Waals surface area contributed by atoms with Gasteiger partial charge in [-0.15, -0.1) is 0 Å². The molecule has 0 aliphatic rings. The summed E-state index contributed by atoms with van der Waals surface area (Å²) in [6, 6.07) is 17.9. The summed E-state index contributed by atoms with van der Waals surface area (Å²) >= 11 is 0. The zero-order valence-electron chi connectivity index (χ0n) is 15.7. The van der Waals surface area contributed by atoms with Crippen molar-refractivity contribution in [1.82, 2.24) is 4.57 Å². The lowest BCUT2D eigenvalue weighted by atomic mass is 10.1. The monoisotopic (exact) mass is 365 g/mol. The molecular formula is C22H23NO4. The van der Waals surface area contributed by atoms with Crippen LogP contribution in [0.3, 0.4) is 0 Å². The van der Waals surface area contributed by atoms with Gasteiger partial charge in [0.05, 0.1) is 32.0 Å². The van der Waals surface area contributed by atoms with Gasteiger partial charge in [0, 0.05) is 11.8 Å². The van der Waals surface area contributed by atoms with E-state index in [9.17, 15) is 4.79 Å². The van der Waals surface area contributed by atoms with Gasteiger partial charge in [0.1, 0.15) is 11.5 Å². The average molecular weight is 365 g/mol. The Morgan fingerprint density at radius 2 is 1.74 bits per heavy atom. The number of methoxy groups -OCH3 is 2. The number of aliphatic carboxylic acids is 1. The summed E-state index contributed by atoms with van der Waals surface area (Å²) in [5.74, 6) is 0.545. The van der Waals surface area contributed by atoms with Crippen LogP contribution in [0.4, 0.5) is 0 Å². The molecule has 140 valence electrons. The number of rotatable bonds is 7. The fourth-order valence-electron chi connectivity index (χ4n) is 3.11.